The van der Waals surface area contributed by atoms with Gasteiger partial charge in [-0.1, -0.05) is 37.1 Å². The van der Waals surface area contributed by atoms with Gasteiger partial charge in [-0.25, -0.2) is 4.98 Å². The van der Waals surface area contributed by atoms with Crippen molar-refractivity contribution in [3.8, 4) is 0 Å². The molecule has 0 aliphatic carbocycles. The van der Waals surface area contributed by atoms with Gasteiger partial charge in [-0.05, 0) is 18.6 Å². The standard InChI is InChI=1S/C15H19N5O/c1-2-3-6-10(16)15-19-14(20-21-15)9-13-17-11-7-4-5-8-12(11)18-13/h4-5,7-8,10H,2-3,6,9,16H2,1H3,(H,17,18)/t10-/m0/s1. The van der Waals surface area contributed by atoms with Crippen LogP contribution in [0.4, 0.5) is 0 Å². The number of benzene rings is 1. The number of nitrogens with one attached hydrogen (secondary N) is 1. The summed E-state index contributed by atoms with van der Waals surface area (Å²) in [6.45, 7) is 2.13. The minimum Gasteiger partial charge on any atom is -0.342 e. The van der Waals surface area contributed by atoms with Crippen molar-refractivity contribution in [1.29, 1.82) is 0 Å². The molecule has 3 N–H and O–H groups in total. The average Bonchev–Trinajstić information content (AvgIpc) is 3.11. The van der Waals surface area contributed by atoms with Crippen molar-refractivity contribution in [3.63, 3.8) is 0 Å². The fourth-order valence-corrected chi connectivity index (χ4v) is 2.28. The Morgan fingerprint density at radius 1 is 1.29 bits per heavy atom. The number of rotatable bonds is 6. The molecule has 0 aliphatic rings. The summed E-state index contributed by atoms with van der Waals surface area (Å²) in [5.41, 5.74) is 7.98. The van der Waals surface area contributed by atoms with Gasteiger partial charge in [0.1, 0.15) is 5.82 Å². The summed E-state index contributed by atoms with van der Waals surface area (Å²) >= 11 is 0. The Balaban J connectivity index is 1.71. The second-order valence-corrected chi connectivity index (χ2v) is 5.17. The highest BCUT2D eigenvalue weighted by atomic mass is 16.5. The molecule has 3 rings (SSSR count). The van der Waals surface area contributed by atoms with Crippen LogP contribution in [-0.2, 0) is 6.42 Å². The van der Waals surface area contributed by atoms with E-state index in [1.807, 2.05) is 24.3 Å². The van der Waals surface area contributed by atoms with E-state index in [2.05, 4.69) is 27.0 Å². The zero-order valence-corrected chi connectivity index (χ0v) is 12.0. The number of H-pyrrole nitrogens is 1. The highest BCUT2D eigenvalue weighted by molar-refractivity contribution is 5.74. The van der Waals surface area contributed by atoms with Crippen LogP contribution in [0.15, 0.2) is 28.8 Å². The number of hydrogen-bond acceptors (Lipinski definition) is 5. The van der Waals surface area contributed by atoms with Gasteiger partial charge in [0.2, 0.25) is 5.89 Å². The predicted octanol–water partition coefficient (Wildman–Crippen LogP) is 2.73. The van der Waals surface area contributed by atoms with Gasteiger partial charge in [-0.2, -0.15) is 4.98 Å². The van der Waals surface area contributed by atoms with Crippen LogP contribution in [-0.4, -0.2) is 20.1 Å². The third-order valence-electron chi connectivity index (χ3n) is 3.43. The number of hydrogen-bond donors (Lipinski definition) is 2. The lowest BCUT2D eigenvalue weighted by Crippen LogP contribution is -2.10. The molecule has 0 spiro atoms. The Hall–Kier alpha value is -2.21. The molecule has 1 aromatic carbocycles. The molecule has 21 heavy (non-hydrogen) atoms. The average molecular weight is 285 g/mol. The number of imidazole rings is 1. The van der Waals surface area contributed by atoms with Crippen LogP contribution in [0.25, 0.3) is 11.0 Å². The minimum absolute atomic E-state index is 0.179. The van der Waals surface area contributed by atoms with Crippen LogP contribution in [0.5, 0.6) is 0 Å². The molecule has 2 aromatic heterocycles. The zero-order valence-electron chi connectivity index (χ0n) is 12.0. The molecule has 6 nitrogen and oxygen atoms in total. The number of nitrogens with two attached hydrogens (primary N) is 1. The maximum absolute atomic E-state index is 6.03. The third-order valence-corrected chi connectivity index (χ3v) is 3.43. The number of aromatic nitrogens is 4. The van der Waals surface area contributed by atoms with Gasteiger partial charge in [0.15, 0.2) is 5.82 Å². The van der Waals surface area contributed by atoms with E-state index in [1.165, 1.54) is 0 Å². The Labute approximate surface area is 122 Å². The molecule has 0 radical (unpaired) electrons. The molecule has 3 aromatic rings. The van der Waals surface area contributed by atoms with E-state index in [0.29, 0.717) is 18.1 Å². The van der Waals surface area contributed by atoms with Gasteiger partial charge < -0.3 is 15.2 Å². The van der Waals surface area contributed by atoms with Crippen LogP contribution in [0.1, 0.15) is 49.8 Å². The second-order valence-electron chi connectivity index (χ2n) is 5.17. The van der Waals surface area contributed by atoms with Crippen molar-refractivity contribution >= 4 is 11.0 Å². The molecule has 1 atom stereocenters. The quantitative estimate of drug-likeness (QED) is 0.726. The van der Waals surface area contributed by atoms with Crippen molar-refractivity contribution in [3.05, 3.63) is 41.8 Å². The molecular weight excluding hydrogens is 266 g/mol. The first-order valence-electron chi connectivity index (χ1n) is 7.28. The monoisotopic (exact) mass is 285 g/mol. The van der Waals surface area contributed by atoms with Crippen LogP contribution in [0, 0.1) is 0 Å². The number of unbranched alkanes of at least 4 members (excludes halogenated alkanes) is 1. The number of aromatic amines is 1. The van der Waals surface area contributed by atoms with Crippen molar-refractivity contribution in [2.24, 2.45) is 5.73 Å². The van der Waals surface area contributed by atoms with Crippen molar-refractivity contribution < 1.29 is 4.52 Å². The van der Waals surface area contributed by atoms with Gasteiger partial charge in [0, 0.05) is 0 Å². The molecule has 0 saturated carbocycles. The van der Waals surface area contributed by atoms with E-state index < -0.39 is 0 Å². The summed E-state index contributed by atoms with van der Waals surface area (Å²) in [6, 6.07) is 7.73. The first-order chi connectivity index (χ1) is 10.3. The number of nitrogens with zero attached hydrogens (tertiary/aromatic N) is 3. The summed E-state index contributed by atoms with van der Waals surface area (Å²) in [7, 11) is 0. The van der Waals surface area contributed by atoms with E-state index in [1.54, 1.807) is 0 Å². The van der Waals surface area contributed by atoms with Crippen LogP contribution >= 0.6 is 0 Å². The summed E-state index contributed by atoms with van der Waals surface area (Å²) in [5.74, 6) is 1.94. The van der Waals surface area contributed by atoms with Crippen molar-refractivity contribution in [2.75, 3.05) is 0 Å². The maximum Gasteiger partial charge on any atom is 0.243 e. The van der Waals surface area contributed by atoms with Gasteiger partial charge in [0.25, 0.3) is 0 Å². The smallest absolute Gasteiger partial charge is 0.243 e. The first kappa shape index (κ1) is 13.8. The zero-order chi connectivity index (χ0) is 14.7. The normalized spacial score (nSPS) is 12.9. The molecule has 0 bridgehead atoms. The predicted molar refractivity (Wildman–Crippen MR) is 79.7 cm³/mol. The molecule has 0 fully saturated rings. The Bertz CT molecular complexity index is 685. The summed E-state index contributed by atoms with van der Waals surface area (Å²) in [4.78, 5) is 12.1. The van der Waals surface area contributed by atoms with E-state index in [-0.39, 0.29) is 6.04 Å². The maximum atomic E-state index is 6.03. The van der Waals surface area contributed by atoms with Gasteiger partial charge in [-0.15, -0.1) is 0 Å². The molecule has 0 unspecified atom stereocenters. The van der Waals surface area contributed by atoms with E-state index in [4.69, 9.17) is 10.3 Å². The first-order valence-corrected chi connectivity index (χ1v) is 7.28. The topological polar surface area (TPSA) is 93.6 Å². The van der Waals surface area contributed by atoms with Crippen LogP contribution < -0.4 is 5.73 Å². The Morgan fingerprint density at radius 3 is 2.95 bits per heavy atom. The molecule has 0 amide bonds. The highest BCUT2D eigenvalue weighted by Crippen LogP contribution is 2.16. The largest absolute Gasteiger partial charge is 0.342 e. The van der Waals surface area contributed by atoms with E-state index >= 15 is 0 Å². The Kier molecular flexibility index (Phi) is 3.96. The minimum atomic E-state index is -0.179. The molecule has 110 valence electrons. The third kappa shape index (κ3) is 3.11. The van der Waals surface area contributed by atoms with E-state index in [0.717, 1.165) is 36.1 Å². The fraction of sp³-hybridized carbons (Fsp3) is 0.400. The van der Waals surface area contributed by atoms with Crippen LogP contribution in [0.2, 0.25) is 0 Å². The summed E-state index contributed by atoms with van der Waals surface area (Å²) in [5, 5.41) is 3.98. The second kappa shape index (κ2) is 6.05. The summed E-state index contributed by atoms with van der Waals surface area (Å²) < 4.78 is 5.24. The number of fused-ring (bicyclic) bond motifs is 1. The van der Waals surface area contributed by atoms with Crippen LogP contribution in [0.3, 0.4) is 0 Å². The molecule has 6 heteroatoms. The Morgan fingerprint density at radius 2 is 2.14 bits per heavy atom. The SMILES string of the molecule is CCCC[C@H](N)c1nc(Cc2nc3ccccc3[nH]2)no1. The highest BCUT2D eigenvalue weighted by Gasteiger charge is 2.15. The van der Waals surface area contributed by atoms with Gasteiger partial charge in [-0.3, -0.25) is 0 Å². The lowest BCUT2D eigenvalue weighted by atomic mass is 10.1. The summed E-state index contributed by atoms with van der Waals surface area (Å²) in [6.07, 6.45) is 3.54. The van der Waals surface area contributed by atoms with Crippen molar-refractivity contribution in [1.82, 2.24) is 20.1 Å². The lowest BCUT2D eigenvalue weighted by Gasteiger charge is -2.03. The molecule has 0 aliphatic heterocycles. The van der Waals surface area contributed by atoms with Gasteiger partial charge in [0.05, 0.1) is 23.5 Å². The van der Waals surface area contributed by atoms with E-state index in [9.17, 15) is 0 Å². The molecule has 2 heterocycles. The molecule has 0 saturated heterocycles. The van der Waals surface area contributed by atoms with Crippen molar-refractivity contribution in [2.45, 2.75) is 38.6 Å². The van der Waals surface area contributed by atoms with Gasteiger partial charge >= 0.3 is 0 Å². The fourth-order valence-electron chi connectivity index (χ4n) is 2.28. The number of para-hydroxylation sites is 2. The molecular formula is C15H19N5O. The lowest BCUT2D eigenvalue weighted by molar-refractivity contribution is 0.343.